The van der Waals surface area contributed by atoms with E-state index >= 15 is 0 Å². The van der Waals surface area contributed by atoms with Crippen molar-refractivity contribution in [2.24, 2.45) is 5.73 Å². The van der Waals surface area contributed by atoms with Crippen molar-refractivity contribution in [2.75, 3.05) is 0 Å². The van der Waals surface area contributed by atoms with Gasteiger partial charge in [-0.25, -0.2) is 0 Å². The van der Waals surface area contributed by atoms with Crippen molar-refractivity contribution in [3.63, 3.8) is 0 Å². The van der Waals surface area contributed by atoms with Crippen LogP contribution in [0.15, 0.2) is 0 Å². The molecule has 2 unspecified atom stereocenters. The maximum absolute atomic E-state index is 11.9. The zero-order valence-corrected chi connectivity index (χ0v) is 16.9. The number of unbranched alkanes of at least 4 members (excludes halogenated alkanes) is 8. The topological polar surface area (TPSA) is 98.8 Å². The molecule has 154 valence electrons. The molecule has 0 aliphatic carbocycles. The van der Waals surface area contributed by atoms with E-state index in [0.717, 1.165) is 57.8 Å². The number of carbonyl (C=O) groups is 2. The quantitative estimate of drug-likeness (QED) is 0.239. The summed E-state index contributed by atoms with van der Waals surface area (Å²) in [6.07, 6.45) is 9.26. The zero-order chi connectivity index (χ0) is 19.8. The van der Waals surface area contributed by atoms with E-state index in [0.29, 0.717) is 6.42 Å². The second kappa shape index (κ2) is 15.0. The minimum Gasteiger partial charge on any atom is -0.440 e. The van der Waals surface area contributed by atoms with Crippen LogP contribution in [-0.4, -0.2) is 29.1 Å². The highest BCUT2D eigenvalue weighted by molar-refractivity contribution is 5.70. The van der Waals surface area contributed by atoms with Crippen LogP contribution < -0.4 is 5.73 Å². The van der Waals surface area contributed by atoms with Crippen LogP contribution in [0.4, 0.5) is 0 Å². The third kappa shape index (κ3) is 11.5. The SMILES string of the molecule is CCCCCCCC(=O)OC(N)C(O)(CC)OC(=O)CCCCCCC. The highest BCUT2D eigenvalue weighted by Gasteiger charge is 2.39. The molecule has 6 nitrogen and oxygen atoms in total. The molecule has 0 radical (unpaired) electrons. The lowest BCUT2D eigenvalue weighted by Crippen LogP contribution is -2.53. The molecule has 0 saturated carbocycles. The van der Waals surface area contributed by atoms with E-state index in [-0.39, 0.29) is 19.3 Å². The Morgan fingerprint density at radius 2 is 1.31 bits per heavy atom. The van der Waals surface area contributed by atoms with E-state index in [1.54, 1.807) is 6.92 Å². The number of hydrogen-bond acceptors (Lipinski definition) is 6. The molecule has 0 aliphatic rings. The molecule has 0 rings (SSSR count). The van der Waals surface area contributed by atoms with Crippen LogP contribution in [0.5, 0.6) is 0 Å². The molecule has 0 amide bonds. The molecule has 0 spiro atoms. The molecular formula is C20H39NO5. The van der Waals surface area contributed by atoms with Gasteiger partial charge in [0.1, 0.15) is 0 Å². The summed E-state index contributed by atoms with van der Waals surface area (Å²) in [6, 6.07) is 0. The Hall–Kier alpha value is -1.14. The third-order valence-corrected chi connectivity index (χ3v) is 4.47. The smallest absolute Gasteiger partial charge is 0.308 e. The van der Waals surface area contributed by atoms with Crippen molar-refractivity contribution in [2.45, 2.75) is 116 Å². The van der Waals surface area contributed by atoms with Gasteiger partial charge in [0.25, 0.3) is 5.79 Å². The van der Waals surface area contributed by atoms with Crippen LogP contribution in [0.3, 0.4) is 0 Å². The van der Waals surface area contributed by atoms with Crippen LogP contribution in [-0.2, 0) is 19.1 Å². The highest BCUT2D eigenvalue weighted by atomic mass is 16.7. The van der Waals surface area contributed by atoms with Crippen LogP contribution in [0.2, 0.25) is 0 Å². The first kappa shape index (κ1) is 24.9. The number of aliphatic hydroxyl groups is 1. The fourth-order valence-electron chi connectivity index (χ4n) is 2.62. The minimum atomic E-state index is -1.97. The number of carbonyl (C=O) groups excluding carboxylic acids is 2. The van der Waals surface area contributed by atoms with E-state index in [4.69, 9.17) is 15.2 Å². The van der Waals surface area contributed by atoms with Gasteiger partial charge in [-0.05, 0) is 12.8 Å². The standard InChI is InChI=1S/C20H39NO5/c1-4-7-9-11-13-15-17(22)25-19(21)20(24,6-3)26-18(23)16-14-12-10-8-5-2/h19,24H,4-16,21H2,1-3H3. The van der Waals surface area contributed by atoms with Crippen molar-refractivity contribution in [1.29, 1.82) is 0 Å². The first-order valence-corrected chi connectivity index (χ1v) is 10.3. The molecule has 0 fully saturated rings. The van der Waals surface area contributed by atoms with Gasteiger partial charge < -0.3 is 14.6 Å². The largest absolute Gasteiger partial charge is 0.440 e. The van der Waals surface area contributed by atoms with Crippen molar-refractivity contribution < 1.29 is 24.2 Å². The van der Waals surface area contributed by atoms with E-state index in [9.17, 15) is 14.7 Å². The van der Waals surface area contributed by atoms with E-state index in [1.807, 2.05) is 0 Å². The second-order valence-electron chi connectivity index (χ2n) is 6.91. The highest BCUT2D eigenvalue weighted by Crippen LogP contribution is 2.20. The Labute approximate surface area is 158 Å². The summed E-state index contributed by atoms with van der Waals surface area (Å²) in [5.74, 6) is -2.97. The van der Waals surface area contributed by atoms with Crippen LogP contribution in [0.1, 0.15) is 104 Å². The van der Waals surface area contributed by atoms with Crippen LogP contribution >= 0.6 is 0 Å². The van der Waals surface area contributed by atoms with Gasteiger partial charge in [0.15, 0.2) is 0 Å². The number of ether oxygens (including phenoxy) is 2. The first-order valence-electron chi connectivity index (χ1n) is 10.3. The molecule has 6 heteroatoms. The van der Waals surface area contributed by atoms with Gasteiger partial charge in [-0.3, -0.25) is 15.3 Å². The molecule has 2 atom stereocenters. The summed E-state index contributed by atoms with van der Waals surface area (Å²) in [6.45, 7) is 5.89. The number of hydrogen-bond donors (Lipinski definition) is 2. The van der Waals surface area contributed by atoms with Crippen molar-refractivity contribution in [3.8, 4) is 0 Å². The zero-order valence-electron chi connectivity index (χ0n) is 16.9. The van der Waals surface area contributed by atoms with Gasteiger partial charge in [0.05, 0.1) is 0 Å². The van der Waals surface area contributed by atoms with Gasteiger partial charge in [0.2, 0.25) is 6.23 Å². The third-order valence-electron chi connectivity index (χ3n) is 4.47. The fraction of sp³-hybridized carbons (Fsp3) is 0.900. The summed E-state index contributed by atoms with van der Waals surface area (Å²) in [7, 11) is 0. The number of nitrogens with two attached hydrogens (primary N) is 1. The lowest BCUT2D eigenvalue weighted by Gasteiger charge is -2.31. The number of rotatable bonds is 16. The molecule has 0 saturated heterocycles. The maximum Gasteiger partial charge on any atom is 0.308 e. The molecule has 0 bridgehead atoms. The summed E-state index contributed by atoms with van der Waals surface area (Å²) in [5, 5.41) is 10.4. The first-order chi connectivity index (χ1) is 12.4. The fourth-order valence-corrected chi connectivity index (χ4v) is 2.62. The maximum atomic E-state index is 11.9. The molecule has 0 aromatic rings. The Kier molecular flexibility index (Phi) is 14.3. The lowest BCUT2D eigenvalue weighted by molar-refractivity contribution is -0.254. The predicted octanol–water partition coefficient (Wildman–Crippen LogP) is 4.18. The molecule has 0 aromatic carbocycles. The Morgan fingerprint density at radius 3 is 1.77 bits per heavy atom. The van der Waals surface area contributed by atoms with Gasteiger partial charge >= 0.3 is 11.9 Å². The van der Waals surface area contributed by atoms with Crippen LogP contribution in [0.25, 0.3) is 0 Å². The normalized spacial score (nSPS) is 14.5. The lowest BCUT2D eigenvalue weighted by atomic mass is 10.1. The van der Waals surface area contributed by atoms with E-state index < -0.39 is 24.0 Å². The monoisotopic (exact) mass is 373 g/mol. The Bertz CT molecular complexity index is 388. The van der Waals surface area contributed by atoms with Crippen molar-refractivity contribution in [3.05, 3.63) is 0 Å². The van der Waals surface area contributed by atoms with E-state index in [2.05, 4.69) is 13.8 Å². The molecular weight excluding hydrogens is 334 g/mol. The summed E-state index contributed by atoms with van der Waals surface area (Å²) >= 11 is 0. The molecule has 26 heavy (non-hydrogen) atoms. The number of esters is 2. The van der Waals surface area contributed by atoms with Crippen LogP contribution in [0, 0.1) is 0 Å². The average molecular weight is 374 g/mol. The molecule has 0 aromatic heterocycles. The van der Waals surface area contributed by atoms with Gasteiger partial charge in [-0.1, -0.05) is 72.1 Å². The summed E-state index contributed by atoms with van der Waals surface area (Å²) in [5.41, 5.74) is 5.79. The average Bonchev–Trinajstić information content (AvgIpc) is 2.61. The molecule has 0 heterocycles. The van der Waals surface area contributed by atoms with Crippen molar-refractivity contribution in [1.82, 2.24) is 0 Å². The molecule has 3 N–H and O–H groups in total. The van der Waals surface area contributed by atoms with Gasteiger partial charge in [-0.2, -0.15) is 0 Å². The molecule has 0 aliphatic heterocycles. The summed E-state index contributed by atoms with van der Waals surface area (Å²) < 4.78 is 10.2. The Balaban J connectivity index is 4.22. The van der Waals surface area contributed by atoms with E-state index in [1.165, 1.54) is 0 Å². The van der Waals surface area contributed by atoms with Crippen molar-refractivity contribution >= 4 is 11.9 Å². The second-order valence-corrected chi connectivity index (χ2v) is 6.91. The Morgan fingerprint density at radius 1 is 0.846 bits per heavy atom. The van der Waals surface area contributed by atoms with Gasteiger partial charge in [0, 0.05) is 19.3 Å². The minimum absolute atomic E-state index is 0.0551. The predicted molar refractivity (Wildman–Crippen MR) is 102 cm³/mol. The van der Waals surface area contributed by atoms with Gasteiger partial charge in [-0.15, -0.1) is 0 Å². The summed E-state index contributed by atoms with van der Waals surface area (Å²) in [4.78, 5) is 23.8.